The molecule has 20 heavy (non-hydrogen) atoms. The van der Waals surface area contributed by atoms with Crippen LogP contribution < -0.4 is 4.74 Å². The van der Waals surface area contributed by atoms with Crippen LogP contribution in [0.15, 0.2) is 40.5 Å². The zero-order valence-electron chi connectivity index (χ0n) is 11.6. The highest BCUT2D eigenvalue weighted by molar-refractivity contribution is 7.99. The van der Waals surface area contributed by atoms with E-state index in [4.69, 9.17) is 9.47 Å². The number of imidazole rings is 1. The summed E-state index contributed by atoms with van der Waals surface area (Å²) in [5.74, 6) is 0.435. The van der Waals surface area contributed by atoms with Crippen molar-refractivity contribution < 1.29 is 14.3 Å². The molecule has 0 amide bonds. The van der Waals surface area contributed by atoms with Crippen LogP contribution in [0, 0.1) is 0 Å². The highest BCUT2D eigenvalue weighted by Crippen LogP contribution is 2.30. The molecule has 0 saturated carbocycles. The zero-order chi connectivity index (χ0) is 14.5. The molecule has 0 fully saturated rings. The van der Waals surface area contributed by atoms with Crippen LogP contribution in [0.25, 0.3) is 0 Å². The number of hydrogen-bond donors (Lipinski definition) is 0. The van der Waals surface area contributed by atoms with Crippen molar-refractivity contribution in [2.75, 3.05) is 13.7 Å². The van der Waals surface area contributed by atoms with Gasteiger partial charge in [-0.3, -0.25) is 0 Å². The number of hydrogen-bond acceptors (Lipinski definition) is 5. The number of ether oxygens (including phenoxy) is 2. The van der Waals surface area contributed by atoms with Gasteiger partial charge in [0.25, 0.3) is 0 Å². The molecule has 2 rings (SSSR count). The lowest BCUT2D eigenvalue weighted by molar-refractivity contribution is 0.0510. The van der Waals surface area contributed by atoms with E-state index in [1.165, 1.54) is 11.8 Å². The maximum atomic E-state index is 11.9. The Kier molecular flexibility index (Phi) is 4.68. The summed E-state index contributed by atoms with van der Waals surface area (Å²) in [6.45, 7) is 2.13. The third-order valence-corrected chi connectivity index (χ3v) is 3.65. The van der Waals surface area contributed by atoms with Gasteiger partial charge in [-0.25, -0.2) is 9.78 Å². The lowest BCUT2D eigenvalue weighted by atomic mass is 10.3. The Labute approximate surface area is 121 Å². The molecule has 0 N–H and O–H groups in total. The van der Waals surface area contributed by atoms with Crippen molar-refractivity contribution in [3.8, 4) is 5.75 Å². The lowest BCUT2D eigenvalue weighted by Crippen LogP contribution is -2.10. The van der Waals surface area contributed by atoms with Crippen molar-refractivity contribution in [2.24, 2.45) is 7.05 Å². The van der Waals surface area contributed by atoms with Crippen LogP contribution in [0.1, 0.15) is 17.4 Å². The van der Waals surface area contributed by atoms with Gasteiger partial charge in [-0.1, -0.05) is 11.8 Å². The second-order valence-corrected chi connectivity index (χ2v) is 5.07. The second-order valence-electron chi connectivity index (χ2n) is 4.01. The van der Waals surface area contributed by atoms with Gasteiger partial charge in [-0.2, -0.15) is 0 Å². The third kappa shape index (κ3) is 3.14. The van der Waals surface area contributed by atoms with E-state index in [1.807, 2.05) is 24.3 Å². The first-order valence-electron chi connectivity index (χ1n) is 6.16. The molecule has 0 aliphatic rings. The van der Waals surface area contributed by atoms with E-state index in [0.717, 1.165) is 10.6 Å². The van der Waals surface area contributed by atoms with Crippen molar-refractivity contribution in [2.45, 2.75) is 16.8 Å². The zero-order valence-corrected chi connectivity index (χ0v) is 12.4. The Hall–Kier alpha value is -1.95. The molecule has 6 heteroatoms. The monoisotopic (exact) mass is 292 g/mol. The number of aryl methyl sites for hydroxylation is 1. The fourth-order valence-electron chi connectivity index (χ4n) is 1.67. The number of esters is 1. The van der Waals surface area contributed by atoms with E-state index in [-0.39, 0.29) is 5.97 Å². The molecule has 0 aliphatic carbocycles. The third-order valence-electron chi connectivity index (χ3n) is 2.65. The predicted octanol–water partition coefficient (Wildman–Crippen LogP) is 2.76. The summed E-state index contributed by atoms with van der Waals surface area (Å²) in [6.07, 6.45) is 1.61. The molecule has 0 saturated heterocycles. The van der Waals surface area contributed by atoms with Crippen molar-refractivity contribution in [3.05, 3.63) is 36.3 Å². The van der Waals surface area contributed by atoms with Crippen molar-refractivity contribution in [3.63, 3.8) is 0 Å². The quantitative estimate of drug-likeness (QED) is 0.793. The van der Waals surface area contributed by atoms with Crippen LogP contribution in [-0.4, -0.2) is 29.2 Å². The number of rotatable bonds is 5. The van der Waals surface area contributed by atoms with E-state index in [2.05, 4.69) is 4.98 Å². The molecule has 2 aromatic rings. The van der Waals surface area contributed by atoms with Gasteiger partial charge in [-0.15, -0.1) is 0 Å². The van der Waals surface area contributed by atoms with Crippen LogP contribution in [0.3, 0.4) is 0 Å². The highest BCUT2D eigenvalue weighted by atomic mass is 32.2. The number of benzene rings is 1. The van der Waals surface area contributed by atoms with E-state index >= 15 is 0 Å². The average Bonchev–Trinajstić information content (AvgIpc) is 2.81. The number of carbonyl (C=O) groups is 1. The number of methoxy groups -OCH3 is 1. The summed E-state index contributed by atoms with van der Waals surface area (Å²) < 4.78 is 11.8. The SMILES string of the molecule is CCOC(=O)c1c(Sc2ccc(OC)cc2)ncn1C. The minimum Gasteiger partial charge on any atom is -0.497 e. The molecule has 0 aliphatic heterocycles. The first-order valence-corrected chi connectivity index (χ1v) is 6.97. The van der Waals surface area contributed by atoms with Crippen LogP contribution in [0.4, 0.5) is 0 Å². The number of nitrogens with zero attached hydrogens (tertiary/aromatic N) is 2. The van der Waals surface area contributed by atoms with Gasteiger partial charge in [-0.05, 0) is 31.2 Å². The van der Waals surface area contributed by atoms with Gasteiger partial charge in [0.15, 0.2) is 5.69 Å². The van der Waals surface area contributed by atoms with E-state index in [9.17, 15) is 4.79 Å². The molecule has 0 unspecified atom stereocenters. The molecule has 5 nitrogen and oxygen atoms in total. The molecule has 1 aromatic heterocycles. The summed E-state index contributed by atoms with van der Waals surface area (Å²) in [4.78, 5) is 17.2. The van der Waals surface area contributed by atoms with Gasteiger partial charge in [0, 0.05) is 11.9 Å². The average molecular weight is 292 g/mol. The summed E-state index contributed by atoms with van der Waals surface area (Å²) in [5, 5.41) is 0.635. The second kappa shape index (κ2) is 6.47. The Morgan fingerprint density at radius 3 is 2.65 bits per heavy atom. The summed E-state index contributed by atoms with van der Waals surface area (Å²) in [7, 11) is 3.40. The van der Waals surface area contributed by atoms with Crippen LogP contribution >= 0.6 is 11.8 Å². The Morgan fingerprint density at radius 2 is 2.05 bits per heavy atom. The van der Waals surface area contributed by atoms with Gasteiger partial charge in [0.1, 0.15) is 10.8 Å². The van der Waals surface area contributed by atoms with Gasteiger partial charge in [0.2, 0.25) is 0 Å². The Balaban J connectivity index is 2.22. The number of aromatic nitrogens is 2. The molecule has 1 aromatic carbocycles. The van der Waals surface area contributed by atoms with E-state index < -0.39 is 0 Å². The Morgan fingerprint density at radius 1 is 1.35 bits per heavy atom. The first-order chi connectivity index (χ1) is 9.65. The van der Waals surface area contributed by atoms with Crippen molar-refractivity contribution in [1.29, 1.82) is 0 Å². The topological polar surface area (TPSA) is 53.4 Å². The van der Waals surface area contributed by atoms with E-state index in [0.29, 0.717) is 17.3 Å². The summed E-state index contributed by atoms with van der Waals surface area (Å²) in [5.41, 5.74) is 0.465. The van der Waals surface area contributed by atoms with Gasteiger partial charge in [0.05, 0.1) is 20.0 Å². The Bertz CT molecular complexity index is 593. The van der Waals surface area contributed by atoms with Gasteiger partial charge >= 0.3 is 5.97 Å². The molecule has 0 bridgehead atoms. The predicted molar refractivity (Wildman–Crippen MR) is 76.3 cm³/mol. The molecular formula is C14H16N2O3S. The van der Waals surface area contributed by atoms with E-state index in [1.54, 1.807) is 32.0 Å². The van der Waals surface area contributed by atoms with Crippen LogP contribution in [0.2, 0.25) is 0 Å². The standard InChI is InChI=1S/C14H16N2O3S/c1-4-19-14(17)12-13(15-9-16(12)2)20-11-7-5-10(18-3)6-8-11/h5-9H,4H2,1-3H3. The van der Waals surface area contributed by atoms with Crippen LogP contribution in [-0.2, 0) is 11.8 Å². The molecule has 106 valence electrons. The molecule has 0 spiro atoms. The fourth-order valence-corrected chi connectivity index (χ4v) is 2.59. The summed E-state index contributed by atoms with van der Waals surface area (Å²) in [6, 6.07) is 7.59. The van der Waals surface area contributed by atoms with Crippen molar-refractivity contribution >= 4 is 17.7 Å². The molecular weight excluding hydrogens is 276 g/mol. The minimum atomic E-state index is -0.358. The molecule has 0 radical (unpaired) electrons. The fraction of sp³-hybridized carbons (Fsp3) is 0.286. The highest BCUT2D eigenvalue weighted by Gasteiger charge is 2.19. The maximum absolute atomic E-state index is 11.9. The largest absolute Gasteiger partial charge is 0.497 e. The molecule has 0 atom stereocenters. The van der Waals surface area contributed by atoms with Crippen molar-refractivity contribution in [1.82, 2.24) is 9.55 Å². The minimum absolute atomic E-state index is 0.344. The maximum Gasteiger partial charge on any atom is 0.357 e. The summed E-state index contributed by atoms with van der Waals surface area (Å²) >= 11 is 1.42. The lowest BCUT2D eigenvalue weighted by Gasteiger charge is -2.06. The number of carbonyl (C=O) groups excluding carboxylic acids is 1. The first kappa shape index (κ1) is 14.5. The van der Waals surface area contributed by atoms with Crippen LogP contribution in [0.5, 0.6) is 5.75 Å². The van der Waals surface area contributed by atoms with Gasteiger partial charge < -0.3 is 14.0 Å². The normalized spacial score (nSPS) is 10.3. The molecule has 1 heterocycles. The smallest absolute Gasteiger partial charge is 0.357 e.